The highest BCUT2D eigenvalue weighted by molar-refractivity contribution is 6.08. The van der Waals surface area contributed by atoms with Crippen molar-refractivity contribution >= 4 is 23.2 Å². The van der Waals surface area contributed by atoms with Crippen LogP contribution in [0.3, 0.4) is 0 Å². The largest absolute Gasteiger partial charge is 0.322 e. The summed E-state index contributed by atoms with van der Waals surface area (Å²) in [6.07, 6.45) is 1.47. The van der Waals surface area contributed by atoms with Crippen LogP contribution in [0.4, 0.5) is 11.4 Å². The van der Waals surface area contributed by atoms with Gasteiger partial charge < -0.3 is 10.6 Å². The Labute approximate surface area is 171 Å². The number of carbonyl (C=O) groups excluding carboxylic acids is 2. The van der Waals surface area contributed by atoms with Crippen LogP contribution in [0.25, 0.3) is 0 Å². The van der Waals surface area contributed by atoms with Gasteiger partial charge in [-0.25, -0.2) is 0 Å². The highest BCUT2D eigenvalue weighted by atomic mass is 16.2. The number of nitrogens with zero attached hydrogens (tertiary/aromatic N) is 1. The van der Waals surface area contributed by atoms with Gasteiger partial charge in [0.2, 0.25) is 0 Å². The van der Waals surface area contributed by atoms with Crippen LogP contribution in [0.1, 0.15) is 57.3 Å². The van der Waals surface area contributed by atoms with Crippen molar-refractivity contribution in [2.45, 2.75) is 33.6 Å². The lowest BCUT2D eigenvalue weighted by molar-refractivity contribution is 0.102. The van der Waals surface area contributed by atoms with Crippen molar-refractivity contribution in [1.29, 1.82) is 0 Å². The molecule has 0 saturated carbocycles. The molecule has 0 bridgehead atoms. The smallest absolute Gasteiger partial charge is 0.274 e. The van der Waals surface area contributed by atoms with Crippen LogP contribution in [0, 0.1) is 13.8 Å². The quantitative estimate of drug-likeness (QED) is 0.622. The summed E-state index contributed by atoms with van der Waals surface area (Å²) in [5.74, 6) is -0.361. The third-order valence-electron chi connectivity index (χ3n) is 4.73. The summed E-state index contributed by atoms with van der Waals surface area (Å²) in [5.41, 5.74) is 5.22. The van der Waals surface area contributed by atoms with Gasteiger partial charge in [0, 0.05) is 23.1 Å². The van der Waals surface area contributed by atoms with Gasteiger partial charge in [-0.15, -0.1) is 0 Å². The van der Waals surface area contributed by atoms with Crippen LogP contribution in [-0.2, 0) is 0 Å². The van der Waals surface area contributed by atoms with Gasteiger partial charge in [0.1, 0.15) is 5.69 Å². The van der Waals surface area contributed by atoms with Crippen LogP contribution in [0.15, 0.2) is 60.8 Å². The summed E-state index contributed by atoms with van der Waals surface area (Å²) in [7, 11) is 0. The van der Waals surface area contributed by atoms with E-state index in [0.717, 1.165) is 22.4 Å². The first-order valence-corrected chi connectivity index (χ1v) is 9.60. The third-order valence-corrected chi connectivity index (χ3v) is 4.73. The highest BCUT2D eigenvalue weighted by Gasteiger charge is 2.16. The number of hydrogen-bond acceptors (Lipinski definition) is 3. The van der Waals surface area contributed by atoms with E-state index in [1.807, 2.05) is 56.3 Å². The first-order chi connectivity index (χ1) is 13.8. The number of pyridine rings is 1. The van der Waals surface area contributed by atoms with Crippen LogP contribution in [0.2, 0.25) is 0 Å². The molecule has 0 radical (unpaired) electrons. The number of hydrogen-bond donors (Lipinski definition) is 2. The summed E-state index contributed by atoms with van der Waals surface area (Å²) < 4.78 is 0. The first-order valence-electron chi connectivity index (χ1n) is 9.60. The molecule has 0 aliphatic heterocycles. The summed E-state index contributed by atoms with van der Waals surface area (Å²) in [6.45, 7) is 8.11. The molecule has 0 aliphatic carbocycles. The zero-order chi connectivity index (χ0) is 21.0. The summed E-state index contributed by atoms with van der Waals surface area (Å²) >= 11 is 0. The molecule has 29 heavy (non-hydrogen) atoms. The van der Waals surface area contributed by atoms with Crippen molar-refractivity contribution in [2.75, 3.05) is 10.6 Å². The Morgan fingerprint density at radius 2 is 1.62 bits per heavy atom. The second kappa shape index (κ2) is 8.69. The summed E-state index contributed by atoms with van der Waals surface area (Å²) in [4.78, 5) is 29.5. The maximum absolute atomic E-state index is 12.8. The molecular formula is C24H25N3O2. The molecule has 1 aromatic heterocycles. The Morgan fingerprint density at radius 1 is 0.897 bits per heavy atom. The fourth-order valence-corrected chi connectivity index (χ4v) is 3.06. The Morgan fingerprint density at radius 3 is 2.31 bits per heavy atom. The average Bonchev–Trinajstić information content (AvgIpc) is 2.71. The summed E-state index contributed by atoms with van der Waals surface area (Å²) in [5, 5.41) is 5.80. The summed E-state index contributed by atoms with van der Waals surface area (Å²) in [6, 6.07) is 16.6. The lowest BCUT2D eigenvalue weighted by atomic mass is 9.98. The Hall–Kier alpha value is -3.47. The lowest BCUT2D eigenvalue weighted by Gasteiger charge is -2.16. The number of anilines is 2. The van der Waals surface area contributed by atoms with Crippen LogP contribution in [-0.4, -0.2) is 16.8 Å². The maximum atomic E-state index is 12.8. The van der Waals surface area contributed by atoms with Crippen LogP contribution in [0.5, 0.6) is 0 Å². The molecule has 0 fully saturated rings. The molecule has 0 spiro atoms. The predicted octanol–water partition coefficient (Wildman–Crippen LogP) is 5.33. The molecular weight excluding hydrogens is 362 g/mol. The lowest BCUT2D eigenvalue weighted by Crippen LogP contribution is -2.18. The van der Waals surface area contributed by atoms with E-state index in [4.69, 9.17) is 0 Å². The van der Waals surface area contributed by atoms with E-state index in [-0.39, 0.29) is 23.4 Å². The monoisotopic (exact) mass is 387 g/mol. The molecule has 5 nitrogen and oxygen atoms in total. The van der Waals surface area contributed by atoms with Crippen molar-refractivity contribution in [1.82, 2.24) is 4.98 Å². The standard InChI is InChI=1S/C24H25N3O2/c1-15(2)20-7-5-6-17(4)22(20)27-24(29)21-14-18(12-13-25-21)23(28)26-19-10-8-16(3)9-11-19/h5-15H,1-4H3,(H,26,28)(H,27,29). The van der Waals surface area contributed by atoms with E-state index in [2.05, 4.69) is 29.5 Å². The molecule has 0 atom stereocenters. The van der Waals surface area contributed by atoms with Crippen molar-refractivity contribution in [2.24, 2.45) is 0 Å². The van der Waals surface area contributed by atoms with Crippen molar-refractivity contribution < 1.29 is 9.59 Å². The first kappa shape index (κ1) is 20.3. The van der Waals surface area contributed by atoms with Crippen molar-refractivity contribution in [3.8, 4) is 0 Å². The molecule has 148 valence electrons. The van der Waals surface area contributed by atoms with Gasteiger partial charge in [-0.2, -0.15) is 0 Å². The van der Waals surface area contributed by atoms with Crippen molar-refractivity contribution in [3.63, 3.8) is 0 Å². The Bertz CT molecular complexity index is 1040. The van der Waals surface area contributed by atoms with Gasteiger partial charge in [0.25, 0.3) is 11.8 Å². The zero-order valence-electron chi connectivity index (χ0n) is 17.1. The number of rotatable bonds is 5. The molecule has 0 saturated heterocycles. The van der Waals surface area contributed by atoms with E-state index in [0.29, 0.717) is 11.3 Å². The maximum Gasteiger partial charge on any atom is 0.274 e. The van der Waals surface area contributed by atoms with E-state index in [1.165, 1.54) is 12.3 Å². The van der Waals surface area contributed by atoms with Crippen molar-refractivity contribution in [3.05, 3.63) is 88.7 Å². The molecule has 2 N–H and O–H groups in total. The molecule has 2 aromatic carbocycles. The number of aryl methyl sites for hydroxylation is 2. The second-order valence-corrected chi connectivity index (χ2v) is 7.40. The number of nitrogens with one attached hydrogen (secondary N) is 2. The number of para-hydroxylation sites is 1. The van der Waals surface area contributed by atoms with Gasteiger partial charge in [-0.05, 0) is 55.2 Å². The Balaban J connectivity index is 1.80. The topological polar surface area (TPSA) is 71.1 Å². The fraction of sp³-hybridized carbons (Fsp3) is 0.208. The minimum atomic E-state index is -0.341. The van der Waals surface area contributed by atoms with Gasteiger partial charge in [0.15, 0.2) is 0 Å². The molecule has 0 aliphatic rings. The Kier molecular flexibility index (Phi) is 6.07. The predicted molar refractivity (Wildman–Crippen MR) is 117 cm³/mol. The number of aromatic nitrogens is 1. The number of benzene rings is 2. The molecule has 2 amide bonds. The normalized spacial score (nSPS) is 10.7. The van der Waals surface area contributed by atoms with Crippen LogP contribution >= 0.6 is 0 Å². The molecule has 1 heterocycles. The molecule has 3 aromatic rings. The zero-order valence-corrected chi connectivity index (χ0v) is 17.1. The molecule has 3 rings (SSSR count). The second-order valence-electron chi connectivity index (χ2n) is 7.40. The fourth-order valence-electron chi connectivity index (χ4n) is 3.06. The van der Waals surface area contributed by atoms with Gasteiger partial charge in [-0.1, -0.05) is 49.7 Å². The van der Waals surface area contributed by atoms with E-state index < -0.39 is 0 Å². The minimum Gasteiger partial charge on any atom is -0.322 e. The SMILES string of the molecule is Cc1ccc(NC(=O)c2ccnc(C(=O)Nc3c(C)cccc3C(C)C)c2)cc1. The van der Waals surface area contributed by atoms with Gasteiger partial charge >= 0.3 is 0 Å². The molecule has 0 unspecified atom stereocenters. The van der Waals surface area contributed by atoms with Gasteiger partial charge in [-0.3, -0.25) is 14.6 Å². The van der Waals surface area contributed by atoms with E-state index in [9.17, 15) is 9.59 Å². The minimum absolute atomic E-state index is 0.194. The number of carbonyl (C=O) groups is 2. The highest BCUT2D eigenvalue weighted by Crippen LogP contribution is 2.27. The molecule has 5 heteroatoms. The van der Waals surface area contributed by atoms with Crippen LogP contribution < -0.4 is 10.6 Å². The van der Waals surface area contributed by atoms with E-state index >= 15 is 0 Å². The van der Waals surface area contributed by atoms with Gasteiger partial charge in [0.05, 0.1) is 0 Å². The van der Waals surface area contributed by atoms with E-state index in [1.54, 1.807) is 6.07 Å². The third kappa shape index (κ3) is 4.88. The average molecular weight is 387 g/mol. The number of amides is 2.